The molecule has 0 saturated carbocycles. The number of aromatic nitrogens is 1. The van der Waals surface area contributed by atoms with Gasteiger partial charge in [0.2, 0.25) is 5.43 Å². The van der Waals surface area contributed by atoms with E-state index in [1.807, 2.05) is 24.3 Å². The second kappa shape index (κ2) is 9.42. The molecule has 0 aliphatic carbocycles. The molecule has 0 fully saturated rings. The van der Waals surface area contributed by atoms with Crippen LogP contribution in [0.4, 0.5) is 17.6 Å². The van der Waals surface area contributed by atoms with Crippen molar-refractivity contribution in [3.63, 3.8) is 0 Å². The zero-order chi connectivity index (χ0) is 26.5. The van der Waals surface area contributed by atoms with E-state index in [9.17, 15) is 37.4 Å². The number of benzene rings is 2. The van der Waals surface area contributed by atoms with Gasteiger partial charge in [-0.3, -0.25) is 19.3 Å². The fourth-order valence-corrected chi connectivity index (χ4v) is 5.99. The highest BCUT2D eigenvalue weighted by molar-refractivity contribution is 7.98. The number of aliphatic hydroxyl groups is 1. The third kappa shape index (κ3) is 4.33. The summed E-state index contributed by atoms with van der Waals surface area (Å²) in [6.07, 6.45) is -3.76. The van der Waals surface area contributed by atoms with Crippen molar-refractivity contribution in [2.75, 3.05) is 24.8 Å². The number of nitrogens with zero attached hydrogens (tertiary/aromatic N) is 3. The van der Waals surface area contributed by atoms with Crippen molar-refractivity contribution in [3.8, 4) is 5.75 Å². The number of rotatable bonds is 4. The summed E-state index contributed by atoms with van der Waals surface area (Å²) >= 11 is 1.32. The van der Waals surface area contributed by atoms with Gasteiger partial charge < -0.3 is 15.1 Å². The zero-order valence-electron chi connectivity index (χ0n) is 19.2. The summed E-state index contributed by atoms with van der Waals surface area (Å²) in [5, 5.41) is 21.3. The van der Waals surface area contributed by atoms with Gasteiger partial charge in [-0.1, -0.05) is 36.4 Å². The van der Waals surface area contributed by atoms with Gasteiger partial charge in [0.15, 0.2) is 17.5 Å². The lowest BCUT2D eigenvalue weighted by atomic mass is 9.88. The van der Waals surface area contributed by atoms with Crippen LogP contribution < -0.4 is 10.4 Å². The Morgan fingerprint density at radius 2 is 1.78 bits per heavy atom. The Bertz CT molecular complexity index is 1430. The maximum absolute atomic E-state index is 14.8. The molecular formula is C25H21F4N3O4S. The van der Waals surface area contributed by atoms with Crippen molar-refractivity contribution in [1.82, 2.24) is 9.58 Å². The molecule has 7 nitrogen and oxygen atoms in total. The van der Waals surface area contributed by atoms with E-state index in [0.29, 0.717) is 21.1 Å². The van der Waals surface area contributed by atoms with Gasteiger partial charge in [0.25, 0.3) is 5.91 Å². The van der Waals surface area contributed by atoms with E-state index in [-0.39, 0.29) is 6.54 Å². The van der Waals surface area contributed by atoms with Crippen LogP contribution in [0.25, 0.3) is 0 Å². The van der Waals surface area contributed by atoms with Crippen molar-refractivity contribution in [2.24, 2.45) is 0 Å². The lowest BCUT2D eigenvalue weighted by Gasteiger charge is -2.44. The first-order chi connectivity index (χ1) is 17.6. The molecule has 1 amide bonds. The van der Waals surface area contributed by atoms with Gasteiger partial charge >= 0.3 is 6.18 Å². The Balaban J connectivity index is 1.66. The van der Waals surface area contributed by atoms with Gasteiger partial charge in [-0.15, -0.1) is 11.8 Å². The molecule has 0 bridgehead atoms. The van der Waals surface area contributed by atoms with Crippen molar-refractivity contribution < 1.29 is 32.6 Å². The number of fused-ring (bicyclic) bond motifs is 3. The van der Waals surface area contributed by atoms with Crippen LogP contribution in [0.2, 0.25) is 0 Å². The molecule has 1 aromatic heterocycles. The SMILES string of the molecule is O=C1c2c(O)c(=O)ccn2N(C[C@@H]2c3ccccc3CSc3c(F)cccc32)CN1[C@H](CO)C(F)(F)F. The first kappa shape index (κ1) is 25.2. The van der Waals surface area contributed by atoms with Crippen LogP contribution in [0.15, 0.2) is 64.4 Å². The molecule has 5 rings (SSSR count). The third-order valence-corrected chi connectivity index (χ3v) is 7.81. The highest BCUT2D eigenvalue weighted by Crippen LogP contribution is 2.42. The minimum atomic E-state index is -4.97. The standard InChI is InChI=1S/C25H21F4N3O4S/c26-18-7-3-6-16-17(15-5-2-1-4-14(15)12-37-23(16)18)10-30-13-31(20(11-33)25(27,28)29)24(36)21-22(35)19(34)8-9-32(21)30/h1-9,17,20,33,35H,10-13H2/t17-,20-/m1/s1. The summed E-state index contributed by atoms with van der Waals surface area (Å²) in [6, 6.07) is 10.5. The fraction of sp³-hybridized carbons (Fsp3) is 0.280. The summed E-state index contributed by atoms with van der Waals surface area (Å²) in [4.78, 5) is 26.0. The van der Waals surface area contributed by atoms with Gasteiger partial charge in [-0.25, -0.2) is 4.39 Å². The van der Waals surface area contributed by atoms with Gasteiger partial charge in [-0.05, 0) is 22.8 Å². The first-order valence-corrected chi connectivity index (χ1v) is 12.3. The van der Waals surface area contributed by atoms with E-state index in [1.165, 1.54) is 29.0 Å². The monoisotopic (exact) mass is 535 g/mol. The molecule has 12 heteroatoms. The molecule has 0 saturated heterocycles. The molecule has 0 radical (unpaired) electrons. The fourth-order valence-electron chi connectivity index (χ4n) is 4.84. The van der Waals surface area contributed by atoms with Gasteiger partial charge in [0, 0.05) is 35.4 Å². The van der Waals surface area contributed by atoms with Crippen LogP contribution in [0.3, 0.4) is 0 Å². The molecule has 3 heterocycles. The molecule has 0 unspecified atom stereocenters. The molecule has 2 atom stereocenters. The lowest BCUT2D eigenvalue weighted by Crippen LogP contribution is -2.61. The number of pyridine rings is 1. The number of aromatic hydroxyl groups is 1. The summed E-state index contributed by atoms with van der Waals surface area (Å²) < 4.78 is 57.3. The van der Waals surface area contributed by atoms with E-state index in [1.54, 1.807) is 12.1 Å². The molecular weight excluding hydrogens is 514 g/mol. The number of thioether (sulfide) groups is 1. The third-order valence-electron chi connectivity index (χ3n) is 6.63. The molecule has 194 valence electrons. The average Bonchev–Trinajstić information content (AvgIpc) is 3.01. The van der Waals surface area contributed by atoms with Gasteiger partial charge in [0.05, 0.1) is 6.61 Å². The van der Waals surface area contributed by atoms with Crippen LogP contribution in [0.1, 0.15) is 33.1 Å². The molecule has 37 heavy (non-hydrogen) atoms. The predicted molar refractivity (Wildman–Crippen MR) is 128 cm³/mol. The lowest BCUT2D eigenvalue weighted by molar-refractivity contribution is -0.186. The topological polar surface area (TPSA) is 86.0 Å². The molecule has 3 aromatic rings. The number of amides is 1. The molecule has 2 N–H and O–H groups in total. The van der Waals surface area contributed by atoms with E-state index in [4.69, 9.17) is 0 Å². The predicted octanol–water partition coefficient (Wildman–Crippen LogP) is 3.41. The highest BCUT2D eigenvalue weighted by atomic mass is 32.2. The number of alkyl halides is 3. The van der Waals surface area contributed by atoms with Crippen LogP contribution in [-0.2, 0) is 5.75 Å². The van der Waals surface area contributed by atoms with Crippen LogP contribution >= 0.6 is 11.8 Å². The maximum atomic E-state index is 14.8. The number of carbonyl (C=O) groups excluding carboxylic acids is 1. The van der Waals surface area contributed by atoms with Gasteiger partial charge in [0.1, 0.15) is 12.5 Å². The molecule has 2 aliphatic heterocycles. The zero-order valence-corrected chi connectivity index (χ0v) is 20.0. The van der Waals surface area contributed by atoms with Crippen molar-refractivity contribution in [2.45, 2.75) is 28.8 Å². The van der Waals surface area contributed by atoms with Crippen LogP contribution in [-0.4, -0.2) is 57.7 Å². The number of aliphatic hydroxyl groups excluding tert-OH is 1. The first-order valence-electron chi connectivity index (χ1n) is 11.3. The second-order valence-electron chi connectivity index (χ2n) is 8.77. The Morgan fingerprint density at radius 1 is 1.05 bits per heavy atom. The molecule has 0 spiro atoms. The van der Waals surface area contributed by atoms with E-state index >= 15 is 0 Å². The summed E-state index contributed by atoms with van der Waals surface area (Å²) in [6.45, 7) is -2.03. The second-order valence-corrected chi connectivity index (χ2v) is 9.75. The average molecular weight is 536 g/mol. The van der Waals surface area contributed by atoms with E-state index in [0.717, 1.165) is 21.9 Å². The van der Waals surface area contributed by atoms with Crippen molar-refractivity contribution in [1.29, 1.82) is 0 Å². The largest absolute Gasteiger partial charge is 0.502 e. The Kier molecular flexibility index (Phi) is 6.40. The normalized spacial score (nSPS) is 18.1. The number of hydrogen-bond donors (Lipinski definition) is 2. The quantitative estimate of drug-likeness (QED) is 0.499. The molecule has 2 aliphatic rings. The minimum absolute atomic E-state index is 0.0247. The summed E-state index contributed by atoms with van der Waals surface area (Å²) in [5.41, 5.74) is 0.809. The van der Waals surface area contributed by atoms with Crippen molar-refractivity contribution in [3.05, 3.63) is 93.2 Å². The number of halogens is 4. The van der Waals surface area contributed by atoms with Crippen LogP contribution in [0.5, 0.6) is 5.75 Å². The number of carbonyl (C=O) groups is 1. The van der Waals surface area contributed by atoms with E-state index in [2.05, 4.69) is 0 Å². The van der Waals surface area contributed by atoms with E-state index < -0.39 is 60.0 Å². The Morgan fingerprint density at radius 3 is 2.51 bits per heavy atom. The Labute approximate surface area is 212 Å². The number of hydrogen-bond acceptors (Lipinski definition) is 6. The molecule has 2 aromatic carbocycles. The Hall–Kier alpha value is -3.51. The summed E-state index contributed by atoms with van der Waals surface area (Å²) in [5.74, 6) is -2.71. The van der Waals surface area contributed by atoms with Crippen molar-refractivity contribution >= 4 is 17.7 Å². The van der Waals surface area contributed by atoms with Gasteiger partial charge in [-0.2, -0.15) is 13.2 Å². The summed E-state index contributed by atoms with van der Waals surface area (Å²) in [7, 11) is 0. The van der Waals surface area contributed by atoms with Crippen LogP contribution in [0, 0.1) is 5.82 Å². The minimum Gasteiger partial charge on any atom is -0.502 e. The highest BCUT2D eigenvalue weighted by Gasteiger charge is 2.48. The smallest absolute Gasteiger partial charge is 0.411 e. The maximum Gasteiger partial charge on any atom is 0.411 e.